The van der Waals surface area contributed by atoms with E-state index in [2.05, 4.69) is 24.8 Å². The van der Waals surface area contributed by atoms with Crippen molar-refractivity contribution >= 4 is 0 Å². The summed E-state index contributed by atoms with van der Waals surface area (Å²) in [6.45, 7) is 9.01. The number of rotatable bonds is 5. The minimum Gasteiger partial charge on any atom is -0.494 e. The number of ether oxygens (including phenoxy) is 1. The molecule has 0 saturated carbocycles. The van der Waals surface area contributed by atoms with E-state index < -0.39 is 0 Å². The molecule has 20 heavy (non-hydrogen) atoms. The second-order valence-electron chi connectivity index (χ2n) is 5.88. The fourth-order valence-corrected chi connectivity index (χ4v) is 2.66. The quantitative estimate of drug-likeness (QED) is 0.772. The van der Waals surface area contributed by atoms with E-state index in [-0.39, 0.29) is 0 Å². The van der Waals surface area contributed by atoms with E-state index in [0.29, 0.717) is 5.56 Å². The van der Waals surface area contributed by atoms with Crippen LogP contribution in [0.1, 0.15) is 32.3 Å². The Hall–Kier alpha value is -1.53. The Kier molecular flexibility index (Phi) is 5.43. The van der Waals surface area contributed by atoms with Crippen molar-refractivity contribution in [3.05, 3.63) is 29.8 Å². The lowest BCUT2D eigenvalue weighted by atomic mass is 9.89. The first-order chi connectivity index (χ1) is 9.69. The molecular formula is C17H24N2O. The Morgan fingerprint density at radius 3 is 2.65 bits per heavy atom. The van der Waals surface area contributed by atoms with Gasteiger partial charge in [0.15, 0.2) is 0 Å². The molecule has 0 amide bonds. The fraction of sp³-hybridized carbons (Fsp3) is 0.588. The van der Waals surface area contributed by atoms with Gasteiger partial charge in [-0.15, -0.1) is 0 Å². The predicted octanol–water partition coefficient (Wildman–Crippen LogP) is 3.31. The molecule has 0 bridgehead atoms. The molecule has 1 aliphatic rings. The van der Waals surface area contributed by atoms with Crippen molar-refractivity contribution in [3.8, 4) is 11.8 Å². The van der Waals surface area contributed by atoms with E-state index in [4.69, 9.17) is 10.00 Å². The molecule has 1 aliphatic heterocycles. The summed E-state index contributed by atoms with van der Waals surface area (Å²) in [4.78, 5) is 2.55. The van der Waals surface area contributed by atoms with Crippen LogP contribution < -0.4 is 4.74 Å². The number of nitriles is 1. The van der Waals surface area contributed by atoms with Gasteiger partial charge >= 0.3 is 0 Å². The molecule has 0 unspecified atom stereocenters. The molecule has 2 atom stereocenters. The summed E-state index contributed by atoms with van der Waals surface area (Å²) >= 11 is 0. The molecule has 0 radical (unpaired) electrons. The topological polar surface area (TPSA) is 36.3 Å². The molecule has 0 aromatic heterocycles. The zero-order valence-electron chi connectivity index (χ0n) is 12.5. The first kappa shape index (κ1) is 14.9. The van der Waals surface area contributed by atoms with Crippen molar-refractivity contribution in [2.24, 2.45) is 11.8 Å². The van der Waals surface area contributed by atoms with Crippen LogP contribution in [-0.4, -0.2) is 31.1 Å². The maximum atomic E-state index is 8.73. The second-order valence-corrected chi connectivity index (χ2v) is 5.88. The molecule has 3 heteroatoms. The van der Waals surface area contributed by atoms with E-state index in [1.165, 1.54) is 19.5 Å². The number of nitrogens with zero attached hydrogens (tertiary/aromatic N) is 2. The first-order valence-electron chi connectivity index (χ1n) is 7.54. The predicted molar refractivity (Wildman–Crippen MR) is 80.7 cm³/mol. The molecule has 1 aromatic carbocycles. The van der Waals surface area contributed by atoms with Crippen molar-refractivity contribution in [3.63, 3.8) is 0 Å². The Labute approximate surface area is 122 Å². The molecule has 1 fully saturated rings. The minimum atomic E-state index is 0.675. The number of hydrogen-bond donors (Lipinski definition) is 0. The third-order valence-corrected chi connectivity index (χ3v) is 4.29. The Bertz CT molecular complexity index is 449. The SMILES string of the molecule is C[C@H]1CCN(CCCOc2ccc(C#N)cc2)C[C@@H]1C. The van der Waals surface area contributed by atoms with Gasteiger partial charge in [-0.05, 0) is 55.5 Å². The molecule has 1 aromatic rings. The van der Waals surface area contributed by atoms with Gasteiger partial charge in [0.05, 0.1) is 18.2 Å². The van der Waals surface area contributed by atoms with Crippen molar-refractivity contribution in [2.75, 3.05) is 26.2 Å². The third-order valence-electron chi connectivity index (χ3n) is 4.29. The summed E-state index contributed by atoms with van der Waals surface area (Å²) < 4.78 is 5.71. The molecule has 1 heterocycles. The number of piperidine rings is 1. The largest absolute Gasteiger partial charge is 0.494 e. The van der Waals surface area contributed by atoms with Crippen molar-refractivity contribution in [2.45, 2.75) is 26.7 Å². The number of likely N-dealkylation sites (tertiary alicyclic amines) is 1. The van der Waals surface area contributed by atoms with Gasteiger partial charge in [0, 0.05) is 13.1 Å². The van der Waals surface area contributed by atoms with E-state index in [9.17, 15) is 0 Å². The minimum absolute atomic E-state index is 0.675. The van der Waals surface area contributed by atoms with E-state index in [0.717, 1.165) is 37.2 Å². The molecular weight excluding hydrogens is 248 g/mol. The van der Waals surface area contributed by atoms with Crippen molar-refractivity contribution < 1.29 is 4.74 Å². The van der Waals surface area contributed by atoms with Gasteiger partial charge in [-0.2, -0.15) is 5.26 Å². The highest BCUT2D eigenvalue weighted by Crippen LogP contribution is 2.22. The Balaban J connectivity index is 1.65. The smallest absolute Gasteiger partial charge is 0.119 e. The van der Waals surface area contributed by atoms with Gasteiger partial charge < -0.3 is 9.64 Å². The summed E-state index contributed by atoms with van der Waals surface area (Å²) in [5.74, 6) is 2.52. The lowest BCUT2D eigenvalue weighted by molar-refractivity contribution is 0.130. The Morgan fingerprint density at radius 1 is 1.25 bits per heavy atom. The van der Waals surface area contributed by atoms with Crippen LogP contribution in [0.2, 0.25) is 0 Å². The lowest BCUT2D eigenvalue weighted by Gasteiger charge is -2.35. The van der Waals surface area contributed by atoms with E-state index in [1.807, 2.05) is 12.1 Å². The average molecular weight is 272 g/mol. The lowest BCUT2D eigenvalue weighted by Crippen LogP contribution is -2.39. The zero-order valence-corrected chi connectivity index (χ0v) is 12.5. The van der Waals surface area contributed by atoms with Gasteiger partial charge in [0.25, 0.3) is 0 Å². The van der Waals surface area contributed by atoms with Crippen LogP contribution in [0.25, 0.3) is 0 Å². The highest BCUT2D eigenvalue weighted by atomic mass is 16.5. The van der Waals surface area contributed by atoms with Crippen LogP contribution in [0.4, 0.5) is 0 Å². The standard InChI is InChI=1S/C17H24N2O/c1-14-8-10-19(13-15(14)2)9-3-11-20-17-6-4-16(12-18)5-7-17/h4-7,14-15H,3,8-11,13H2,1-2H3/t14-,15-/m0/s1. The maximum absolute atomic E-state index is 8.73. The molecule has 1 saturated heterocycles. The van der Waals surface area contributed by atoms with Crippen molar-refractivity contribution in [1.29, 1.82) is 5.26 Å². The van der Waals surface area contributed by atoms with Crippen LogP contribution >= 0.6 is 0 Å². The summed E-state index contributed by atoms with van der Waals surface area (Å²) in [5, 5.41) is 8.73. The maximum Gasteiger partial charge on any atom is 0.119 e. The van der Waals surface area contributed by atoms with Crippen LogP contribution in [0.5, 0.6) is 5.75 Å². The van der Waals surface area contributed by atoms with Crippen LogP contribution in [-0.2, 0) is 0 Å². The van der Waals surface area contributed by atoms with Gasteiger partial charge in [-0.3, -0.25) is 0 Å². The zero-order chi connectivity index (χ0) is 14.4. The van der Waals surface area contributed by atoms with Gasteiger partial charge in [-0.1, -0.05) is 13.8 Å². The fourth-order valence-electron chi connectivity index (χ4n) is 2.66. The van der Waals surface area contributed by atoms with E-state index in [1.54, 1.807) is 12.1 Å². The average Bonchev–Trinajstić information content (AvgIpc) is 2.48. The van der Waals surface area contributed by atoms with Gasteiger partial charge in [0.1, 0.15) is 5.75 Å². The van der Waals surface area contributed by atoms with E-state index >= 15 is 0 Å². The number of hydrogen-bond acceptors (Lipinski definition) is 3. The van der Waals surface area contributed by atoms with Crippen molar-refractivity contribution in [1.82, 2.24) is 4.90 Å². The highest BCUT2D eigenvalue weighted by molar-refractivity contribution is 5.34. The molecule has 0 spiro atoms. The first-order valence-corrected chi connectivity index (χ1v) is 7.54. The van der Waals surface area contributed by atoms with Crippen LogP contribution in [0.15, 0.2) is 24.3 Å². The summed E-state index contributed by atoms with van der Waals surface area (Å²) in [7, 11) is 0. The molecule has 108 valence electrons. The highest BCUT2D eigenvalue weighted by Gasteiger charge is 2.21. The summed E-state index contributed by atoms with van der Waals surface area (Å²) in [5.41, 5.74) is 0.675. The number of benzene rings is 1. The molecule has 0 aliphatic carbocycles. The van der Waals surface area contributed by atoms with Gasteiger partial charge in [0.2, 0.25) is 0 Å². The molecule has 0 N–H and O–H groups in total. The summed E-state index contributed by atoms with van der Waals surface area (Å²) in [6, 6.07) is 9.43. The normalized spacial score (nSPS) is 23.2. The summed E-state index contributed by atoms with van der Waals surface area (Å²) in [6.07, 6.45) is 2.37. The third kappa shape index (κ3) is 4.25. The second kappa shape index (κ2) is 7.31. The monoisotopic (exact) mass is 272 g/mol. The van der Waals surface area contributed by atoms with Crippen LogP contribution in [0.3, 0.4) is 0 Å². The van der Waals surface area contributed by atoms with Crippen LogP contribution in [0, 0.1) is 23.2 Å². The Morgan fingerprint density at radius 2 is 2.00 bits per heavy atom. The molecule has 2 rings (SSSR count). The molecule has 3 nitrogen and oxygen atoms in total. The van der Waals surface area contributed by atoms with Gasteiger partial charge in [-0.25, -0.2) is 0 Å².